The van der Waals surface area contributed by atoms with Crippen LogP contribution in [0.4, 0.5) is 0 Å². The summed E-state index contributed by atoms with van der Waals surface area (Å²) in [6.07, 6.45) is 1.87. The van der Waals surface area contributed by atoms with Crippen molar-refractivity contribution in [3.8, 4) is 5.75 Å². The van der Waals surface area contributed by atoms with Crippen LogP contribution in [-0.2, 0) is 4.74 Å². The van der Waals surface area contributed by atoms with Gasteiger partial charge in [-0.3, -0.25) is 0 Å². The van der Waals surface area contributed by atoms with E-state index >= 15 is 0 Å². The molecule has 3 nitrogen and oxygen atoms in total. The van der Waals surface area contributed by atoms with E-state index in [9.17, 15) is 5.11 Å². The Morgan fingerprint density at radius 3 is 2.82 bits per heavy atom. The second-order valence-corrected chi connectivity index (χ2v) is 4.49. The predicted molar refractivity (Wildman–Crippen MR) is 66.1 cm³/mol. The van der Waals surface area contributed by atoms with Gasteiger partial charge in [-0.05, 0) is 44.4 Å². The maximum Gasteiger partial charge on any atom is 0.120 e. The average Bonchev–Trinajstić information content (AvgIpc) is 3.12. The van der Waals surface area contributed by atoms with Crippen molar-refractivity contribution in [3.63, 3.8) is 0 Å². The maximum atomic E-state index is 10.1. The molecule has 0 spiro atoms. The van der Waals surface area contributed by atoms with E-state index in [1.807, 2.05) is 38.1 Å². The molecule has 94 valence electrons. The van der Waals surface area contributed by atoms with Crippen LogP contribution in [0.1, 0.15) is 38.4 Å². The fourth-order valence-electron chi connectivity index (χ4n) is 1.78. The lowest BCUT2D eigenvalue weighted by atomic mass is 10.1. The molecule has 1 aromatic rings. The zero-order valence-electron chi connectivity index (χ0n) is 10.4. The van der Waals surface area contributed by atoms with Crippen LogP contribution < -0.4 is 4.74 Å². The lowest BCUT2D eigenvalue weighted by molar-refractivity contribution is -0.0228. The highest BCUT2D eigenvalue weighted by atomic mass is 16.5. The van der Waals surface area contributed by atoms with E-state index < -0.39 is 6.10 Å². The Kier molecular flexibility index (Phi) is 4.02. The molecule has 0 bridgehead atoms. The molecule has 1 saturated carbocycles. The summed E-state index contributed by atoms with van der Waals surface area (Å²) in [7, 11) is 0. The van der Waals surface area contributed by atoms with Crippen molar-refractivity contribution in [1.82, 2.24) is 0 Å². The van der Waals surface area contributed by atoms with Gasteiger partial charge in [0.1, 0.15) is 11.9 Å². The van der Waals surface area contributed by atoms with E-state index in [4.69, 9.17) is 9.47 Å². The summed E-state index contributed by atoms with van der Waals surface area (Å²) in [5, 5.41) is 10.1. The first-order chi connectivity index (χ1) is 8.20. The smallest absolute Gasteiger partial charge is 0.120 e. The van der Waals surface area contributed by atoms with E-state index in [1.54, 1.807) is 0 Å². The number of benzene rings is 1. The Balaban J connectivity index is 2.03. The topological polar surface area (TPSA) is 38.7 Å². The summed E-state index contributed by atoms with van der Waals surface area (Å²) < 4.78 is 11.1. The molecular weight excluding hydrogens is 216 g/mol. The average molecular weight is 236 g/mol. The molecule has 0 radical (unpaired) electrons. The number of ether oxygens (including phenoxy) is 2. The first kappa shape index (κ1) is 12.4. The number of rotatable bonds is 6. The van der Waals surface area contributed by atoms with Gasteiger partial charge in [0.15, 0.2) is 0 Å². The van der Waals surface area contributed by atoms with Crippen molar-refractivity contribution in [2.45, 2.75) is 45.0 Å². The van der Waals surface area contributed by atoms with Crippen molar-refractivity contribution in [1.29, 1.82) is 0 Å². The van der Waals surface area contributed by atoms with Gasteiger partial charge in [-0.25, -0.2) is 0 Å². The molecule has 0 saturated heterocycles. The molecule has 2 rings (SSSR count). The molecule has 2 unspecified atom stereocenters. The number of hydrogen-bond acceptors (Lipinski definition) is 3. The van der Waals surface area contributed by atoms with Crippen molar-refractivity contribution in [2.24, 2.45) is 0 Å². The summed E-state index contributed by atoms with van der Waals surface area (Å²) in [5.41, 5.74) is 0.851. The van der Waals surface area contributed by atoms with Crippen LogP contribution in [-0.4, -0.2) is 23.9 Å². The largest absolute Gasteiger partial charge is 0.490 e. The van der Waals surface area contributed by atoms with Gasteiger partial charge in [-0.15, -0.1) is 0 Å². The first-order valence-electron chi connectivity index (χ1n) is 6.27. The normalized spacial score (nSPS) is 18.8. The Hall–Kier alpha value is -1.06. The second-order valence-electron chi connectivity index (χ2n) is 4.49. The molecule has 1 N–H and O–H groups in total. The molecule has 1 fully saturated rings. The summed E-state index contributed by atoms with van der Waals surface area (Å²) in [6.45, 7) is 4.41. The molecule has 0 aromatic heterocycles. The molecule has 0 heterocycles. The molecular formula is C14H20O3. The van der Waals surface area contributed by atoms with Crippen LogP contribution in [0.2, 0.25) is 0 Å². The standard InChI is InChI=1S/C14H20O3/c1-3-16-10(2)14(15)11-5-4-6-13(9-11)17-12-7-8-12/h4-6,9-10,12,14-15H,3,7-8H2,1-2H3. The van der Waals surface area contributed by atoms with Crippen molar-refractivity contribution in [3.05, 3.63) is 29.8 Å². The fraction of sp³-hybridized carbons (Fsp3) is 0.571. The Morgan fingerprint density at radius 2 is 2.18 bits per heavy atom. The summed E-state index contributed by atoms with van der Waals surface area (Å²) in [4.78, 5) is 0. The summed E-state index contributed by atoms with van der Waals surface area (Å²) in [6, 6.07) is 7.65. The zero-order chi connectivity index (χ0) is 12.3. The SMILES string of the molecule is CCOC(C)C(O)c1cccc(OC2CC2)c1. The molecule has 17 heavy (non-hydrogen) atoms. The summed E-state index contributed by atoms with van der Waals surface area (Å²) in [5.74, 6) is 0.841. The minimum Gasteiger partial charge on any atom is -0.490 e. The first-order valence-corrected chi connectivity index (χ1v) is 6.27. The molecule has 0 amide bonds. The van der Waals surface area contributed by atoms with Gasteiger partial charge in [0.2, 0.25) is 0 Å². The lowest BCUT2D eigenvalue weighted by Gasteiger charge is -2.19. The van der Waals surface area contributed by atoms with E-state index in [2.05, 4.69) is 0 Å². The highest BCUT2D eigenvalue weighted by Crippen LogP contribution is 2.29. The molecule has 1 aliphatic carbocycles. The van der Waals surface area contributed by atoms with Crippen LogP contribution in [0.25, 0.3) is 0 Å². The van der Waals surface area contributed by atoms with E-state index in [1.165, 1.54) is 0 Å². The van der Waals surface area contributed by atoms with Gasteiger partial charge < -0.3 is 14.6 Å². The van der Waals surface area contributed by atoms with Crippen LogP contribution in [0, 0.1) is 0 Å². The van der Waals surface area contributed by atoms with Crippen molar-refractivity contribution >= 4 is 0 Å². The molecule has 3 heteroatoms. The molecule has 0 aliphatic heterocycles. The van der Waals surface area contributed by atoms with Gasteiger partial charge in [-0.2, -0.15) is 0 Å². The fourth-order valence-corrected chi connectivity index (χ4v) is 1.78. The van der Waals surface area contributed by atoms with Crippen molar-refractivity contribution in [2.75, 3.05) is 6.61 Å². The molecule has 1 aromatic carbocycles. The molecule has 2 atom stereocenters. The number of hydrogen-bond donors (Lipinski definition) is 1. The van der Waals surface area contributed by atoms with Crippen LogP contribution >= 0.6 is 0 Å². The third kappa shape index (κ3) is 3.45. The van der Waals surface area contributed by atoms with Crippen LogP contribution in [0.15, 0.2) is 24.3 Å². The monoisotopic (exact) mass is 236 g/mol. The van der Waals surface area contributed by atoms with Crippen molar-refractivity contribution < 1.29 is 14.6 Å². The van der Waals surface area contributed by atoms with Gasteiger partial charge in [0.05, 0.1) is 12.2 Å². The number of aliphatic hydroxyl groups excluding tert-OH is 1. The third-order valence-corrected chi connectivity index (χ3v) is 2.90. The zero-order valence-corrected chi connectivity index (χ0v) is 10.4. The van der Waals surface area contributed by atoms with E-state index in [0.29, 0.717) is 12.7 Å². The Bertz CT molecular complexity index is 360. The van der Waals surface area contributed by atoms with Crippen LogP contribution in [0.5, 0.6) is 5.75 Å². The quantitative estimate of drug-likeness (QED) is 0.825. The minimum atomic E-state index is -0.599. The maximum absolute atomic E-state index is 10.1. The Labute approximate surface area is 102 Å². The second kappa shape index (κ2) is 5.52. The highest BCUT2D eigenvalue weighted by molar-refractivity contribution is 5.30. The Morgan fingerprint density at radius 1 is 1.41 bits per heavy atom. The third-order valence-electron chi connectivity index (χ3n) is 2.90. The highest BCUT2D eigenvalue weighted by Gasteiger charge is 2.24. The minimum absolute atomic E-state index is 0.198. The van der Waals surface area contributed by atoms with Gasteiger partial charge in [-0.1, -0.05) is 12.1 Å². The predicted octanol–water partition coefficient (Wildman–Crippen LogP) is 2.69. The van der Waals surface area contributed by atoms with E-state index in [0.717, 1.165) is 24.2 Å². The van der Waals surface area contributed by atoms with Gasteiger partial charge in [0, 0.05) is 6.61 Å². The molecule has 1 aliphatic rings. The number of aliphatic hydroxyl groups is 1. The van der Waals surface area contributed by atoms with E-state index in [-0.39, 0.29) is 6.10 Å². The summed E-state index contributed by atoms with van der Waals surface area (Å²) >= 11 is 0. The lowest BCUT2D eigenvalue weighted by Crippen LogP contribution is -2.18. The van der Waals surface area contributed by atoms with Gasteiger partial charge in [0.25, 0.3) is 0 Å². The van der Waals surface area contributed by atoms with Crippen LogP contribution in [0.3, 0.4) is 0 Å². The van der Waals surface area contributed by atoms with Gasteiger partial charge >= 0.3 is 0 Å².